The quantitative estimate of drug-likeness (QED) is 0.835. The van der Waals surface area contributed by atoms with Crippen LogP contribution in [0.1, 0.15) is 30.2 Å². The van der Waals surface area contributed by atoms with Crippen molar-refractivity contribution in [3.63, 3.8) is 0 Å². The summed E-state index contributed by atoms with van der Waals surface area (Å²) in [5.41, 5.74) is 0.705. The van der Waals surface area contributed by atoms with Crippen LogP contribution in [0.5, 0.6) is 0 Å². The minimum atomic E-state index is -0.368. The number of nitrogens with one attached hydrogen (secondary N) is 2. The average Bonchev–Trinajstić information content (AvgIpc) is 2.49. The van der Waals surface area contributed by atoms with Crippen molar-refractivity contribution in [1.29, 1.82) is 0 Å². The van der Waals surface area contributed by atoms with E-state index in [-0.39, 0.29) is 11.6 Å². The summed E-state index contributed by atoms with van der Waals surface area (Å²) in [6, 6.07) is 6.66. The number of anilines is 2. The molecule has 0 aliphatic carbocycles. The molecule has 0 saturated carbocycles. The fourth-order valence-corrected chi connectivity index (χ4v) is 2.22. The fourth-order valence-electron chi connectivity index (χ4n) is 1.87. The maximum Gasteiger partial charge on any atom is 0.274 e. The molecule has 7 heteroatoms. The Morgan fingerprint density at radius 1 is 1.26 bits per heavy atom. The van der Waals surface area contributed by atoms with Gasteiger partial charge in [-0.3, -0.25) is 4.79 Å². The van der Waals surface area contributed by atoms with Crippen LogP contribution in [-0.4, -0.2) is 22.4 Å². The molecule has 1 aromatic heterocycles. The van der Waals surface area contributed by atoms with Crippen LogP contribution in [0, 0.1) is 12.8 Å². The average molecular weight is 353 g/mol. The smallest absolute Gasteiger partial charge is 0.274 e. The Labute approximate surface area is 145 Å². The molecule has 1 amide bonds. The SMILES string of the molecule is Cc1nc(NCC(C)C)cc(C(=O)Nc2cccc(Cl)c2Cl)n1. The molecule has 0 unspecified atom stereocenters. The molecule has 0 fully saturated rings. The van der Waals surface area contributed by atoms with Gasteiger partial charge >= 0.3 is 0 Å². The highest BCUT2D eigenvalue weighted by molar-refractivity contribution is 6.44. The van der Waals surface area contributed by atoms with E-state index in [1.54, 1.807) is 31.2 Å². The molecule has 0 bridgehead atoms. The second-order valence-corrected chi connectivity index (χ2v) is 6.30. The van der Waals surface area contributed by atoms with Gasteiger partial charge in [-0.25, -0.2) is 9.97 Å². The van der Waals surface area contributed by atoms with Gasteiger partial charge in [0, 0.05) is 12.6 Å². The summed E-state index contributed by atoms with van der Waals surface area (Å²) in [4.78, 5) is 20.8. The molecule has 0 spiro atoms. The topological polar surface area (TPSA) is 66.9 Å². The molecule has 122 valence electrons. The van der Waals surface area contributed by atoms with Crippen molar-refractivity contribution in [1.82, 2.24) is 9.97 Å². The Morgan fingerprint density at radius 2 is 2.00 bits per heavy atom. The number of hydrogen-bond acceptors (Lipinski definition) is 4. The minimum Gasteiger partial charge on any atom is -0.370 e. The summed E-state index contributed by atoms with van der Waals surface area (Å²) in [5.74, 6) is 1.23. The normalized spacial score (nSPS) is 10.7. The van der Waals surface area contributed by atoms with Crippen LogP contribution in [0.2, 0.25) is 10.0 Å². The predicted octanol–water partition coefficient (Wildman–Crippen LogP) is 4.41. The number of hydrogen-bond donors (Lipinski definition) is 2. The van der Waals surface area contributed by atoms with Gasteiger partial charge in [0.05, 0.1) is 15.7 Å². The Kier molecular flexibility index (Phi) is 5.80. The number of benzene rings is 1. The molecule has 0 saturated heterocycles. The number of carbonyl (C=O) groups excluding carboxylic acids is 1. The zero-order valence-electron chi connectivity index (χ0n) is 13.2. The van der Waals surface area contributed by atoms with Crippen LogP contribution in [0.3, 0.4) is 0 Å². The number of rotatable bonds is 5. The van der Waals surface area contributed by atoms with Gasteiger partial charge in [-0.05, 0) is 25.0 Å². The van der Waals surface area contributed by atoms with E-state index >= 15 is 0 Å². The number of carbonyl (C=O) groups is 1. The molecule has 2 N–H and O–H groups in total. The lowest BCUT2D eigenvalue weighted by Gasteiger charge is -2.11. The van der Waals surface area contributed by atoms with Crippen molar-refractivity contribution in [2.24, 2.45) is 5.92 Å². The molecule has 0 radical (unpaired) electrons. The molecule has 2 rings (SSSR count). The van der Waals surface area contributed by atoms with Gasteiger partial charge in [-0.15, -0.1) is 0 Å². The zero-order chi connectivity index (χ0) is 17.0. The highest BCUT2D eigenvalue weighted by Gasteiger charge is 2.13. The number of nitrogens with zero attached hydrogens (tertiary/aromatic N) is 2. The first-order valence-electron chi connectivity index (χ1n) is 7.21. The summed E-state index contributed by atoms with van der Waals surface area (Å²) in [6.07, 6.45) is 0. The van der Waals surface area contributed by atoms with E-state index in [0.29, 0.717) is 33.3 Å². The molecule has 1 aromatic carbocycles. The van der Waals surface area contributed by atoms with Crippen LogP contribution >= 0.6 is 23.2 Å². The molecule has 2 aromatic rings. The van der Waals surface area contributed by atoms with Crippen molar-refractivity contribution in [3.8, 4) is 0 Å². The molecule has 23 heavy (non-hydrogen) atoms. The first-order chi connectivity index (χ1) is 10.9. The van der Waals surface area contributed by atoms with E-state index < -0.39 is 0 Å². The van der Waals surface area contributed by atoms with Gasteiger partial charge in [0.2, 0.25) is 0 Å². The summed E-state index contributed by atoms with van der Waals surface area (Å²) < 4.78 is 0. The lowest BCUT2D eigenvalue weighted by Crippen LogP contribution is -2.17. The van der Waals surface area contributed by atoms with E-state index in [4.69, 9.17) is 23.2 Å². The highest BCUT2D eigenvalue weighted by Crippen LogP contribution is 2.29. The first-order valence-corrected chi connectivity index (χ1v) is 7.97. The Bertz CT molecular complexity index is 719. The third kappa shape index (κ3) is 4.81. The molecule has 5 nitrogen and oxygen atoms in total. The predicted molar refractivity (Wildman–Crippen MR) is 94.5 cm³/mol. The Morgan fingerprint density at radius 3 is 2.70 bits per heavy atom. The van der Waals surface area contributed by atoms with Gasteiger partial charge in [0.25, 0.3) is 5.91 Å². The third-order valence-corrected chi connectivity index (χ3v) is 3.78. The van der Waals surface area contributed by atoms with Crippen LogP contribution in [-0.2, 0) is 0 Å². The monoisotopic (exact) mass is 352 g/mol. The molecular formula is C16H18Cl2N4O. The zero-order valence-corrected chi connectivity index (χ0v) is 14.7. The first kappa shape index (κ1) is 17.5. The second kappa shape index (κ2) is 7.62. The van der Waals surface area contributed by atoms with Crippen molar-refractivity contribution in [2.45, 2.75) is 20.8 Å². The number of aromatic nitrogens is 2. The van der Waals surface area contributed by atoms with Gasteiger partial charge in [-0.1, -0.05) is 43.1 Å². The van der Waals surface area contributed by atoms with Crippen LogP contribution in [0.4, 0.5) is 11.5 Å². The van der Waals surface area contributed by atoms with Crippen molar-refractivity contribution >= 4 is 40.6 Å². The van der Waals surface area contributed by atoms with Gasteiger partial charge < -0.3 is 10.6 Å². The molecule has 0 aliphatic heterocycles. The van der Waals surface area contributed by atoms with Crippen molar-refractivity contribution in [2.75, 3.05) is 17.2 Å². The van der Waals surface area contributed by atoms with Gasteiger partial charge in [-0.2, -0.15) is 0 Å². The minimum absolute atomic E-state index is 0.264. The molecular weight excluding hydrogens is 335 g/mol. The number of amides is 1. The number of aryl methyl sites for hydroxylation is 1. The fraction of sp³-hybridized carbons (Fsp3) is 0.312. The summed E-state index contributed by atoms with van der Waals surface area (Å²) >= 11 is 12.0. The lowest BCUT2D eigenvalue weighted by atomic mass is 10.2. The van der Waals surface area contributed by atoms with Crippen molar-refractivity contribution in [3.05, 3.63) is 45.8 Å². The van der Waals surface area contributed by atoms with E-state index in [2.05, 4.69) is 34.4 Å². The largest absolute Gasteiger partial charge is 0.370 e. The molecule has 0 aliphatic rings. The second-order valence-electron chi connectivity index (χ2n) is 5.52. The van der Waals surface area contributed by atoms with Crippen LogP contribution < -0.4 is 10.6 Å². The molecule has 0 atom stereocenters. The third-order valence-electron chi connectivity index (χ3n) is 2.96. The van der Waals surface area contributed by atoms with Gasteiger partial charge in [0.15, 0.2) is 0 Å². The summed E-state index contributed by atoms with van der Waals surface area (Å²) in [7, 11) is 0. The Balaban J connectivity index is 2.20. The van der Waals surface area contributed by atoms with E-state index in [1.165, 1.54) is 0 Å². The van der Waals surface area contributed by atoms with Crippen molar-refractivity contribution < 1.29 is 4.79 Å². The molecule has 1 heterocycles. The van der Waals surface area contributed by atoms with E-state index in [9.17, 15) is 4.79 Å². The van der Waals surface area contributed by atoms with E-state index in [0.717, 1.165) is 6.54 Å². The highest BCUT2D eigenvalue weighted by atomic mass is 35.5. The van der Waals surface area contributed by atoms with E-state index in [1.807, 2.05) is 0 Å². The van der Waals surface area contributed by atoms with Crippen LogP contribution in [0.25, 0.3) is 0 Å². The van der Waals surface area contributed by atoms with Gasteiger partial charge in [0.1, 0.15) is 17.3 Å². The Hall–Kier alpha value is -1.85. The maximum absolute atomic E-state index is 12.4. The summed E-state index contributed by atoms with van der Waals surface area (Å²) in [6.45, 7) is 6.69. The lowest BCUT2D eigenvalue weighted by molar-refractivity contribution is 0.102. The standard InChI is InChI=1S/C16H18Cl2N4O/c1-9(2)8-19-14-7-13(20-10(3)21-14)16(23)22-12-6-4-5-11(17)15(12)18/h4-7,9H,8H2,1-3H3,(H,22,23)(H,19,20,21). The number of halogens is 2. The van der Waals surface area contributed by atoms with Crippen LogP contribution in [0.15, 0.2) is 24.3 Å². The summed E-state index contributed by atoms with van der Waals surface area (Å²) in [5, 5.41) is 6.57. The maximum atomic E-state index is 12.4.